The number of anilines is 2. The number of aromatic nitrogens is 2. The Hall–Kier alpha value is -2.93. The smallest absolute Gasteiger partial charge is 0.319 e. The van der Waals surface area contributed by atoms with Gasteiger partial charge in [0.1, 0.15) is 11.4 Å². The van der Waals surface area contributed by atoms with Crippen molar-refractivity contribution in [3.05, 3.63) is 48.2 Å². The zero-order chi connectivity index (χ0) is 24.0. The number of hydrogen-bond acceptors (Lipinski definition) is 5. The summed E-state index contributed by atoms with van der Waals surface area (Å²) in [4.78, 5) is 24.3. The minimum absolute atomic E-state index is 0.220. The maximum Gasteiger partial charge on any atom is 0.319 e. The molecule has 0 saturated heterocycles. The van der Waals surface area contributed by atoms with Crippen molar-refractivity contribution in [3.8, 4) is 11.4 Å². The number of hydrogen-bond donors (Lipinski definition) is 2. The molecule has 2 heterocycles. The van der Waals surface area contributed by atoms with Gasteiger partial charge in [0.2, 0.25) is 0 Å². The number of nitrogens with zero attached hydrogens (tertiary/aromatic N) is 3. The van der Waals surface area contributed by atoms with Gasteiger partial charge in [-0.1, -0.05) is 19.9 Å². The first-order valence-corrected chi connectivity index (χ1v) is 11.9. The highest BCUT2D eigenvalue weighted by atomic mass is 16.5. The highest BCUT2D eigenvalue weighted by Gasteiger charge is 2.40. The van der Waals surface area contributed by atoms with E-state index in [1.165, 1.54) is 0 Å². The molecule has 1 aliphatic rings. The van der Waals surface area contributed by atoms with Gasteiger partial charge in [0.05, 0.1) is 12.3 Å². The third-order valence-corrected chi connectivity index (χ3v) is 6.15. The molecule has 1 aliphatic heterocycles. The van der Waals surface area contributed by atoms with Crippen molar-refractivity contribution in [2.24, 2.45) is 0 Å². The summed E-state index contributed by atoms with van der Waals surface area (Å²) in [6.45, 7) is 16.5. The molecule has 2 N–H and O–H groups in total. The van der Waals surface area contributed by atoms with Gasteiger partial charge >= 0.3 is 6.03 Å². The van der Waals surface area contributed by atoms with Crippen LogP contribution in [0.5, 0.6) is 0 Å². The third kappa shape index (κ3) is 5.36. The monoisotopic (exact) mass is 451 g/mol. The quantitative estimate of drug-likeness (QED) is 0.458. The maximum absolute atomic E-state index is 11.8. The standard InChI is InChI=1S/C26H37N5O2/c1-7-15-26(6)22-21(17-33-26)24(31(16-8-2)18(5)9-3)30-23(29-22)19-11-13-20(14-12-19)28-25(32)27-10-4/h7,11-14,18H,1,8-10,15-17H2,2-6H3,(H2,27,28,32). The Morgan fingerprint density at radius 2 is 2.00 bits per heavy atom. The van der Waals surface area contributed by atoms with E-state index in [0.717, 1.165) is 47.7 Å². The van der Waals surface area contributed by atoms with E-state index in [4.69, 9.17) is 14.7 Å². The van der Waals surface area contributed by atoms with Gasteiger partial charge in [-0.2, -0.15) is 0 Å². The average molecular weight is 452 g/mol. The van der Waals surface area contributed by atoms with Gasteiger partial charge in [-0.05, 0) is 64.3 Å². The summed E-state index contributed by atoms with van der Waals surface area (Å²) in [5.74, 6) is 1.63. The first kappa shape index (κ1) is 24.7. The normalized spacial score (nSPS) is 17.8. The molecule has 1 aromatic carbocycles. The number of benzene rings is 1. The Balaban J connectivity index is 2.07. The topological polar surface area (TPSA) is 79.4 Å². The predicted molar refractivity (Wildman–Crippen MR) is 135 cm³/mol. The Labute approximate surface area is 197 Å². The lowest BCUT2D eigenvalue weighted by Crippen LogP contribution is -2.35. The predicted octanol–water partition coefficient (Wildman–Crippen LogP) is 5.62. The molecular weight excluding hydrogens is 414 g/mol. The van der Waals surface area contributed by atoms with Crippen molar-refractivity contribution in [2.75, 3.05) is 23.3 Å². The van der Waals surface area contributed by atoms with Gasteiger partial charge in [-0.25, -0.2) is 14.8 Å². The minimum Gasteiger partial charge on any atom is -0.364 e. The van der Waals surface area contributed by atoms with Crippen molar-refractivity contribution < 1.29 is 9.53 Å². The van der Waals surface area contributed by atoms with Crippen LogP contribution in [0.4, 0.5) is 16.3 Å². The number of rotatable bonds is 10. The van der Waals surface area contributed by atoms with Crippen LogP contribution in [0.25, 0.3) is 11.4 Å². The molecule has 2 amide bonds. The summed E-state index contributed by atoms with van der Waals surface area (Å²) < 4.78 is 6.26. The first-order chi connectivity index (χ1) is 15.9. The number of urea groups is 1. The van der Waals surface area contributed by atoms with Crippen molar-refractivity contribution >= 4 is 17.5 Å². The molecule has 3 rings (SSSR count). The average Bonchev–Trinajstić information content (AvgIpc) is 3.14. The van der Waals surface area contributed by atoms with E-state index in [9.17, 15) is 4.79 Å². The molecule has 0 radical (unpaired) electrons. The highest BCUT2D eigenvalue weighted by Crippen LogP contribution is 2.43. The summed E-state index contributed by atoms with van der Waals surface area (Å²) in [6.07, 6.45) is 4.63. The molecule has 0 fully saturated rings. The van der Waals surface area contributed by atoms with Gasteiger partial charge < -0.3 is 20.3 Å². The molecule has 0 spiro atoms. The van der Waals surface area contributed by atoms with Crippen molar-refractivity contribution in [1.82, 2.24) is 15.3 Å². The molecular formula is C26H37N5O2. The number of fused-ring (bicyclic) bond motifs is 1. The second-order valence-electron chi connectivity index (χ2n) is 8.72. The lowest BCUT2D eigenvalue weighted by atomic mass is 9.96. The summed E-state index contributed by atoms with van der Waals surface area (Å²) in [7, 11) is 0. The number of carbonyl (C=O) groups is 1. The van der Waals surface area contributed by atoms with Crippen molar-refractivity contribution in [3.63, 3.8) is 0 Å². The minimum atomic E-state index is -0.517. The summed E-state index contributed by atoms with van der Waals surface area (Å²) in [5.41, 5.74) is 3.12. The van der Waals surface area contributed by atoms with E-state index in [0.29, 0.717) is 31.4 Å². The summed E-state index contributed by atoms with van der Waals surface area (Å²) >= 11 is 0. The van der Waals surface area contributed by atoms with Gasteiger partial charge in [-0.15, -0.1) is 6.58 Å². The van der Waals surface area contributed by atoms with Gasteiger partial charge in [0, 0.05) is 35.9 Å². The van der Waals surface area contributed by atoms with Crippen molar-refractivity contribution in [1.29, 1.82) is 0 Å². The van der Waals surface area contributed by atoms with Crippen LogP contribution in [-0.4, -0.2) is 35.1 Å². The molecule has 1 aromatic heterocycles. The molecule has 0 saturated carbocycles. The highest BCUT2D eigenvalue weighted by molar-refractivity contribution is 5.89. The zero-order valence-corrected chi connectivity index (χ0v) is 20.6. The van der Waals surface area contributed by atoms with E-state index in [-0.39, 0.29) is 6.03 Å². The van der Waals surface area contributed by atoms with Gasteiger partial charge in [0.25, 0.3) is 0 Å². The Morgan fingerprint density at radius 1 is 1.27 bits per heavy atom. The Kier molecular flexibility index (Phi) is 8.08. The fourth-order valence-electron chi connectivity index (χ4n) is 4.17. The molecule has 2 unspecified atom stereocenters. The fraction of sp³-hybridized carbons (Fsp3) is 0.500. The van der Waals surface area contributed by atoms with Crippen LogP contribution >= 0.6 is 0 Å². The van der Waals surface area contributed by atoms with E-state index in [1.54, 1.807) is 0 Å². The first-order valence-electron chi connectivity index (χ1n) is 11.9. The number of amides is 2. The molecule has 2 atom stereocenters. The lowest BCUT2D eigenvalue weighted by molar-refractivity contribution is -0.0228. The molecule has 178 valence electrons. The molecule has 7 heteroatoms. The number of carbonyl (C=O) groups excluding carboxylic acids is 1. The van der Waals surface area contributed by atoms with Crippen molar-refractivity contribution in [2.45, 2.75) is 72.1 Å². The summed E-state index contributed by atoms with van der Waals surface area (Å²) in [5, 5.41) is 5.57. The molecule has 0 bridgehead atoms. The number of nitrogens with one attached hydrogen (secondary N) is 2. The van der Waals surface area contributed by atoms with Crippen LogP contribution in [0.3, 0.4) is 0 Å². The molecule has 0 aliphatic carbocycles. The number of ether oxygens (including phenoxy) is 1. The fourth-order valence-corrected chi connectivity index (χ4v) is 4.17. The van der Waals surface area contributed by atoms with Gasteiger partial charge in [-0.3, -0.25) is 0 Å². The lowest BCUT2D eigenvalue weighted by Gasteiger charge is -2.31. The Bertz CT molecular complexity index is 975. The van der Waals surface area contributed by atoms with E-state index in [2.05, 4.69) is 49.8 Å². The molecule has 33 heavy (non-hydrogen) atoms. The van der Waals surface area contributed by atoms with Crippen LogP contribution < -0.4 is 15.5 Å². The van der Waals surface area contributed by atoms with E-state index < -0.39 is 5.60 Å². The van der Waals surface area contributed by atoms with Crippen LogP contribution in [0.1, 0.15) is 65.1 Å². The summed E-state index contributed by atoms with van der Waals surface area (Å²) in [6, 6.07) is 7.77. The SMILES string of the molecule is C=CCC1(C)OCc2c(N(CCC)C(C)CC)nc(-c3ccc(NC(=O)NCC)cc3)nc21. The Morgan fingerprint density at radius 3 is 2.61 bits per heavy atom. The second-order valence-corrected chi connectivity index (χ2v) is 8.72. The van der Waals surface area contributed by atoms with Crippen LogP contribution in [-0.2, 0) is 16.9 Å². The van der Waals surface area contributed by atoms with Crippen LogP contribution in [0.15, 0.2) is 36.9 Å². The van der Waals surface area contributed by atoms with E-state index >= 15 is 0 Å². The van der Waals surface area contributed by atoms with Crippen LogP contribution in [0, 0.1) is 0 Å². The zero-order valence-electron chi connectivity index (χ0n) is 20.6. The maximum atomic E-state index is 11.8. The molecule has 2 aromatic rings. The largest absolute Gasteiger partial charge is 0.364 e. The second kappa shape index (κ2) is 10.8. The molecule has 7 nitrogen and oxygen atoms in total. The van der Waals surface area contributed by atoms with E-state index in [1.807, 2.05) is 37.3 Å². The third-order valence-electron chi connectivity index (χ3n) is 6.15. The van der Waals surface area contributed by atoms with Gasteiger partial charge in [0.15, 0.2) is 5.82 Å². The van der Waals surface area contributed by atoms with Crippen LogP contribution in [0.2, 0.25) is 0 Å².